The Labute approximate surface area is 241 Å². The molecule has 5 rings (SSSR count). The van der Waals surface area contributed by atoms with E-state index in [1.165, 1.54) is 0 Å². The first-order valence-electron chi connectivity index (χ1n) is 13.5. The van der Waals surface area contributed by atoms with Crippen LogP contribution in [0.25, 0.3) is 0 Å². The number of hydrogen-bond donors (Lipinski definition) is 3. The van der Waals surface area contributed by atoms with Crippen molar-refractivity contribution in [3.63, 3.8) is 0 Å². The Morgan fingerprint density at radius 1 is 1.02 bits per heavy atom. The van der Waals surface area contributed by atoms with E-state index in [9.17, 15) is 13.2 Å². The number of carbonyl (C=O) groups excluding carboxylic acids is 1. The molecule has 0 saturated heterocycles. The molecule has 41 heavy (non-hydrogen) atoms. The molecule has 1 aliphatic carbocycles. The van der Waals surface area contributed by atoms with Crippen LogP contribution < -0.4 is 20.1 Å². The summed E-state index contributed by atoms with van der Waals surface area (Å²) in [6.07, 6.45) is 3.12. The van der Waals surface area contributed by atoms with Crippen LogP contribution in [-0.4, -0.2) is 26.4 Å². The van der Waals surface area contributed by atoms with Gasteiger partial charge in [-0.1, -0.05) is 39.0 Å². The smallest absolute Gasteiger partial charge is 0.255 e. The topological polar surface area (TPSA) is 109 Å². The number of methoxy groups -OCH3 is 1. The van der Waals surface area contributed by atoms with Crippen LogP contribution in [-0.2, 0) is 21.9 Å². The molecule has 1 unspecified atom stereocenters. The normalized spacial score (nSPS) is 15.7. The van der Waals surface area contributed by atoms with Gasteiger partial charge in [0, 0.05) is 23.5 Å². The lowest BCUT2D eigenvalue weighted by Gasteiger charge is -2.19. The second-order valence-electron chi connectivity index (χ2n) is 10.8. The van der Waals surface area contributed by atoms with E-state index in [1.807, 2.05) is 37.3 Å². The highest BCUT2D eigenvalue weighted by Crippen LogP contribution is 2.46. The minimum Gasteiger partial charge on any atom is -0.497 e. The number of anilines is 3. The van der Waals surface area contributed by atoms with E-state index in [1.54, 1.807) is 61.8 Å². The zero-order valence-electron chi connectivity index (χ0n) is 23.6. The number of nitrogens with zero attached hydrogens (tertiary/aromatic N) is 1. The summed E-state index contributed by atoms with van der Waals surface area (Å²) >= 11 is 0. The molecule has 0 aliphatic heterocycles. The Morgan fingerprint density at radius 2 is 1.76 bits per heavy atom. The molecule has 1 aromatic heterocycles. The van der Waals surface area contributed by atoms with Gasteiger partial charge in [-0.05, 0) is 95.6 Å². The first-order valence-corrected chi connectivity index (χ1v) is 15.0. The molecular weight excluding hydrogens is 536 g/mol. The fourth-order valence-corrected chi connectivity index (χ4v) is 6.43. The lowest BCUT2D eigenvalue weighted by molar-refractivity contribution is 0.102. The van der Waals surface area contributed by atoms with Crippen LogP contribution in [0.15, 0.2) is 90.0 Å². The average molecular weight is 571 g/mol. The number of aryl methyl sites for hydroxylation is 1. The van der Waals surface area contributed by atoms with E-state index in [0.717, 1.165) is 28.8 Å². The largest absolute Gasteiger partial charge is 0.497 e. The Hall–Kier alpha value is -4.21. The first-order chi connectivity index (χ1) is 19.6. The zero-order chi connectivity index (χ0) is 29.2. The van der Waals surface area contributed by atoms with Gasteiger partial charge in [0.05, 0.1) is 17.7 Å². The predicted octanol–water partition coefficient (Wildman–Crippen LogP) is 6.35. The maximum atomic E-state index is 13.3. The van der Waals surface area contributed by atoms with Crippen molar-refractivity contribution in [1.82, 2.24) is 9.71 Å². The van der Waals surface area contributed by atoms with Crippen LogP contribution in [0, 0.1) is 0 Å². The number of ether oxygens (including phenoxy) is 1. The summed E-state index contributed by atoms with van der Waals surface area (Å²) in [6.45, 7) is 6.28. The summed E-state index contributed by atoms with van der Waals surface area (Å²) in [4.78, 5) is 17.6. The van der Waals surface area contributed by atoms with Gasteiger partial charge in [0.2, 0.25) is 10.0 Å². The standard InChI is InChI=1S/C32H34N4O4S/c1-5-21-8-15-25(16-9-21)41(38,39)36-29-20-32(2,3)27-17-12-23(19-26(27)29)34-30-28(7-6-18-33-30)35-31(37)22-10-13-24(40-4)14-11-22/h6-19,29,36H,5,20H2,1-4H3,(H,33,34)(H,35,37). The molecule has 212 valence electrons. The fraction of sp³-hybridized carbons (Fsp3) is 0.250. The van der Waals surface area contributed by atoms with E-state index in [2.05, 4.69) is 34.2 Å². The molecule has 1 atom stereocenters. The summed E-state index contributed by atoms with van der Waals surface area (Å²) < 4.78 is 34.7. The van der Waals surface area contributed by atoms with Crippen molar-refractivity contribution in [2.75, 3.05) is 17.7 Å². The molecule has 3 N–H and O–H groups in total. The molecule has 1 amide bonds. The lowest BCUT2D eigenvalue weighted by Crippen LogP contribution is -2.28. The summed E-state index contributed by atoms with van der Waals surface area (Å²) in [5, 5.41) is 6.23. The molecule has 0 spiro atoms. The molecule has 0 fully saturated rings. The number of carbonyl (C=O) groups is 1. The third kappa shape index (κ3) is 6.11. The van der Waals surface area contributed by atoms with Gasteiger partial charge in [-0.15, -0.1) is 0 Å². The summed E-state index contributed by atoms with van der Waals surface area (Å²) in [5.74, 6) is 0.862. The van der Waals surface area contributed by atoms with E-state index < -0.39 is 16.1 Å². The number of benzene rings is 3. The lowest BCUT2D eigenvalue weighted by atomic mass is 9.86. The Morgan fingerprint density at radius 3 is 2.44 bits per heavy atom. The second-order valence-corrected chi connectivity index (χ2v) is 12.5. The van der Waals surface area contributed by atoms with Crippen molar-refractivity contribution in [2.45, 2.75) is 50.0 Å². The maximum Gasteiger partial charge on any atom is 0.255 e. The van der Waals surface area contributed by atoms with Gasteiger partial charge in [0.15, 0.2) is 5.82 Å². The highest BCUT2D eigenvalue weighted by Gasteiger charge is 2.39. The SMILES string of the molecule is CCc1ccc(S(=O)(=O)NC2CC(C)(C)c3ccc(Nc4ncccc4NC(=O)c4ccc(OC)cc4)cc32)cc1. The van der Waals surface area contributed by atoms with Crippen molar-refractivity contribution in [2.24, 2.45) is 0 Å². The predicted molar refractivity (Wildman–Crippen MR) is 161 cm³/mol. The Bertz CT molecular complexity index is 1670. The van der Waals surface area contributed by atoms with Crippen LogP contribution >= 0.6 is 0 Å². The molecule has 1 aliphatic rings. The molecular formula is C32H34N4O4S. The van der Waals surface area contributed by atoms with Gasteiger partial charge < -0.3 is 15.4 Å². The fourth-order valence-electron chi connectivity index (χ4n) is 5.22. The number of rotatable bonds is 9. The number of sulfonamides is 1. The summed E-state index contributed by atoms with van der Waals surface area (Å²) in [5.41, 5.74) is 4.61. The highest BCUT2D eigenvalue weighted by molar-refractivity contribution is 7.89. The van der Waals surface area contributed by atoms with E-state index >= 15 is 0 Å². The molecule has 0 saturated carbocycles. The van der Waals surface area contributed by atoms with Gasteiger partial charge >= 0.3 is 0 Å². The number of nitrogens with one attached hydrogen (secondary N) is 3. The number of hydrogen-bond acceptors (Lipinski definition) is 6. The van der Waals surface area contributed by atoms with E-state index in [-0.39, 0.29) is 16.2 Å². The van der Waals surface area contributed by atoms with Crippen molar-refractivity contribution in [1.29, 1.82) is 0 Å². The van der Waals surface area contributed by atoms with Crippen molar-refractivity contribution >= 4 is 33.1 Å². The Kier molecular flexibility index (Phi) is 7.84. The minimum absolute atomic E-state index is 0.213. The first kappa shape index (κ1) is 28.3. The molecule has 0 radical (unpaired) electrons. The number of pyridine rings is 1. The van der Waals surface area contributed by atoms with Crippen molar-refractivity contribution in [3.8, 4) is 5.75 Å². The second kappa shape index (κ2) is 11.3. The van der Waals surface area contributed by atoms with Gasteiger partial charge in [-0.25, -0.2) is 18.1 Å². The molecule has 4 aromatic rings. The van der Waals surface area contributed by atoms with Crippen molar-refractivity contribution in [3.05, 3.63) is 107 Å². The third-order valence-corrected chi connectivity index (χ3v) is 8.97. The number of fused-ring (bicyclic) bond motifs is 1. The van der Waals surface area contributed by atoms with E-state index in [0.29, 0.717) is 29.2 Å². The highest BCUT2D eigenvalue weighted by atomic mass is 32.2. The average Bonchev–Trinajstić information content (AvgIpc) is 3.22. The Balaban J connectivity index is 1.38. The van der Waals surface area contributed by atoms with Gasteiger partial charge in [-0.2, -0.15) is 0 Å². The van der Waals surface area contributed by atoms with Crippen LogP contribution in [0.4, 0.5) is 17.2 Å². The molecule has 9 heteroatoms. The van der Waals surface area contributed by atoms with Crippen LogP contribution in [0.5, 0.6) is 5.75 Å². The van der Waals surface area contributed by atoms with Gasteiger partial charge in [0.1, 0.15) is 5.75 Å². The van der Waals surface area contributed by atoms with Gasteiger partial charge in [0.25, 0.3) is 5.91 Å². The molecule has 1 heterocycles. The summed E-state index contributed by atoms with van der Waals surface area (Å²) in [7, 11) is -2.15. The van der Waals surface area contributed by atoms with Crippen LogP contribution in [0.2, 0.25) is 0 Å². The minimum atomic E-state index is -3.72. The molecule has 0 bridgehead atoms. The molecule has 8 nitrogen and oxygen atoms in total. The van der Waals surface area contributed by atoms with Crippen LogP contribution in [0.1, 0.15) is 60.3 Å². The quantitative estimate of drug-likeness (QED) is 0.216. The zero-order valence-corrected chi connectivity index (χ0v) is 24.4. The van der Waals surface area contributed by atoms with Gasteiger partial charge in [-0.3, -0.25) is 4.79 Å². The maximum absolute atomic E-state index is 13.3. The monoisotopic (exact) mass is 570 g/mol. The third-order valence-electron chi connectivity index (χ3n) is 7.48. The number of amides is 1. The number of aromatic nitrogens is 1. The van der Waals surface area contributed by atoms with Crippen LogP contribution in [0.3, 0.4) is 0 Å². The summed E-state index contributed by atoms with van der Waals surface area (Å²) in [6, 6.07) is 22.9. The van der Waals surface area contributed by atoms with Crippen molar-refractivity contribution < 1.29 is 17.9 Å². The van der Waals surface area contributed by atoms with E-state index in [4.69, 9.17) is 4.74 Å². The molecule has 3 aromatic carbocycles.